The number of benzene rings is 1. The second-order valence-electron chi connectivity index (χ2n) is 3.76. The molecule has 0 aliphatic heterocycles. The monoisotopic (exact) mass is 212 g/mol. The lowest BCUT2D eigenvalue weighted by molar-refractivity contribution is 0.0976. The summed E-state index contributed by atoms with van der Waals surface area (Å²) in [5, 5.41) is 17.2. The van der Waals surface area contributed by atoms with Gasteiger partial charge in [-0.2, -0.15) is 10.5 Å². The molecular weight excluding hydrogens is 200 g/mol. The van der Waals surface area contributed by atoms with Crippen LogP contribution in [0.15, 0.2) is 18.2 Å². The van der Waals surface area contributed by atoms with E-state index in [9.17, 15) is 4.79 Å². The van der Waals surface area contributed by atoms with Crippen LogP contribution in [0, 0.1) is 42.4 Å². The fraction of sp³-hybridized carbons (Fsp3) is 0.308. The van der Waals surface area contributed by atoms with Crippen LogP contribution >= 0.6 is 0 Å². The van der Waals surface area contributed by atoms with E-state index in [0.29, 0.717) is 5.56 Å². The van der Waals surface area contributed by atoms with Gasteiger partial charge in [-0.05, 0) is 25.5 Å². The molecule has 0 saturated heterocycles. The summed E-state index contributed by atoms with van der Waals surface area (Å²) in [4.78, 5) is 11.8. The van der Waals surface area contributed by atoms with E-state index in [1.165, 1.54) is 0 Å². The Balaban J connectivity index is 2.94. The molecule has 0 aliphatic carbocycles. The molecule has 0 aromatic heterocycles. The topological polar surface area (TPSA) is 64.7 Å². The quantitative estimate of drug-likeness (QED) is 0.723. The van der Waals surface area contributed by atoms with Gasteiger partial charge >= 0.3 is 0 Å². The van der Waals surface area contributed by atoms with Gasteiger partial charge in [0.15, 0.2) is 5.78 Å². The van der Waals surface area contributed by atoms with Crippen molar-refractivity contribution in [2.75, 3.05) is 0 Å². The zero-order valence-corrected chi connectivity index (χ0v) is 9.32. The van der Waals surface area contributed by atoms with E-state index in [0.717, 1.165) is 11.1 Å². The highest BCUT2D eigenvalue weighted by Gasteiger charge is 2.15. The minimum absolute atomic E-state index is 0.0305. The molecule has 0 amide bonds. The number of aryl methyl sites for hydroxylation is 2. The molecule has 0 aliphatic rings. The van der Waals surface area contributed by atoms with Gasteiger partial charge in [-0.3, -0.25) is 4.79 Å². The first-order valence-electron chi connectivity index (χ1n) is 4.98. The summed E-state index contributed by atoms with van der Waals surface area (Å²) in [6, 6.07) is 9.20. The average Bonchev–Trinajstić information content (AvgIpc) is 2.28. The third-order valence-corrected chi connectivity index (χ3v) is 2.39. The van der Waals surface area contributed by atoms with E-state index in [1.54, 1.807) is 18.2 Å². The molecule has 1 rings (SSSR count). The molecule has 0 spiro atoms. The second kappa shape index (κ2) is 5.09. The van der Waals surface area contributed by atoms with Gasteiger partial charge in [0.1, 0.15) is 5.92 Å². The van der Waals surface area contributed by atoms with Gasteiger partial charge in [-0.25, -0.2) is 0 Å². The smallest absolute Gasteiger partial charge is 0.165 e. The summed E-state index contributed by atoms with van der Waals surface area (Å²) in [5.74, 6) is -0.998. The second-order valence-corrected chi connectivity index (χ2v) is 3.76. The SMILES string of the molecule is Cc1ccc(C)c(C(=O)CC(C#N)C#N)c1. The van der Waals surface area contributed by atoms with Crippen LogP contribution in [0.3, 0.4) is 0 Å². The van der Waals surface area contributed by atoms with E-state index < -0.39 is 5.92 Å². The minimum atomic E-state index is -0.854. The van der Waals surface area contributed by atoms with Gasteiger partial charge in [0.05, 0.1) is 12.1 Å². The maximum atomic E-state index is 11.8. The molecule has 16 heavy (non-hydrogen) atoms. The van der Waals surface area contributed by atoms with E-state index in [1.807, 2.05) is 26.0 Å². The third-order valence-electron chi connectivity index (χ3n) is 2.39. The summed E-state index contributed by atoms with van der Waals surface area (Å²) in [6.07, 6.45) is -0.0305. The van der Waals surface area contributed by atoms with Gasteiger partial charge in [0.25, 0.3) is 0 Å². The Bertz CT molecular complexity index is 478. The predicted molar refractivity (Wildman–Crippen MR) is 59.6 cm³/mol. The van der Waals surface area contributed by atoms with Crippen LogP contribution in [0.25, 0.3) is 0 Å². The van der Waals surface area contributed by atoms with Crippen LogP contribution in [0.5, 0.6) is 0 Å². The first-order chi connectivity index (χ1) is 7.58. The van der Waals surface area contributed by atoms with Crippen molar-refractivity contribution >= 4 is 5.78 Å². The van der Waals surface area contributed by atoms with Crippen LogP contribution in [0.2, 0.25) is 0 Å². The molecule has 0 atom stereocenters. The Morgan fingerprint density at radius 1 is 1.31 bits per heavy atom. The summed E-state index contributed by atoms with van der Waals surface area (Å²) in [7, 11) is 0. The Kier molecular flexibility index (Phi) is 3.80. The van der Waals surface area contributed by atoms with Crippen LogP contribution in [-0.4, -0.2) is 5.78 Å². The number of carbonyl (C=O) groups is 1. The summed E-state index contributed by atoms with van der Waals surface area (Å²) in [5.41, 5.74) is 2.49. The number of rotatable bonds is 3. The Hall–Kier alpha value is -2.13. The maximum absolute atomic E-state index is 11.8. The molecule has 0 heterocycles. The van der Waals surface area contributed by atoms with Crippen molar-refractivity contribution in [3.05, 3.63) is 34.9 Å². The highest BCUT2D eigenvalue weighted by Crippen LogP contribution is 2.15. The van der Waals surface area contributed by atoms with Crippen LogP contribution in [-0.2, 0) is 0 Å². The van der Waals surface area contributed by atoms with Crippen LogP contribution < -0.4 is 0 Å². The number of ketones is 1. The van der Waals surface area contributed by atoms with Crippen LogP contribution in [0.1, 0.15) is 27.9 Å². The van der Waals surface area contributed by atoms with Gasteiger partial charge in [0.2, 0.25) is 0 Å². The number of nitriles is 2. The van der Waals surface area contributed by atoms with Crippen molar-refractivity contribution in [2.24, 2.45) is 5.92 Å². The largest absolute Gasteiger partial charge is 0.294 e. The lowest BCUT2D eigenvalue weighted by Gasteiger charge is -2.06. The zero-order chi connectivity index (χ0) is 12.1. The van der Waals surface area contributed by atoms with Crippen molar-refractivity contribution in [3.63, 3.8) is 0 Å². The molecular formula is C13H12N2O. The Morgan fingerprint density at radius 2 is 1.94 bits per heavy atom. The van der Waals surface area contributed by atoms with Gasteiger partial charge < -0.3 is 0 Å². The molecule has 0 unspecified atom stereocenters. The molecule has 0 radical (unpaired) electrons. The molecule has 80 valence electrons. The van der Waals surface area contributed by atoms with Crippen LogP contribution in [0.4, 0.5) is 0 Å². The predicted octanol–water partition coefficient (Wildman–Crippen LogP) is 2.54. The summed E-state index contributed by atoms with van der Waals surface area (Å²) < 4.78 is 0. The summed E-state index contributed by atoms with van der Waals surface area (Å²) in [6.45, 7) is 3.75. The van der Waals surface area contributed by atoms with Gasteiger partial charge in [0, 0.05) is 12.0 Å². The van der Waals surface area contributed by atoms with Crippen molar-refractivity contribution < 1.29 is 4.79 Å². The fourth-order valence-corrected chi connectivity index (χ4v) is 1.45. The molecule has 1 aromatic rings. The van der Waals surface area contributed by atoms with E-state index in [-0.39, 0.29) is 12.2 Å². The summed E-state index contributed by atoms with van der Waals surface area (Å²) >= 11 is 0. The number of carbonyl (C=O) groups excluding carboxylic acids is 1. The molecule has 0 fully saturated rings. The van der Waals surface area contributed by atoms with Crippen molar-refractivity contribution in [2.45, 2.75) is 20.3 Å². The Morgan fingerprint density at radius 3 is 2.50 bits per heavy atom. The maximum Gasteiger partial charge on any atom is 0.165 e. The number of Topliss-reactive ketones (excluding diaryl/α,β-unsaturated/α-hetero) is 1. The van der Waals surface area contributed by atoms with E-state index in [4.69, 9.17) is 10.5 Å². The zero-order valence-electron chi connectivity index (χ0n) is 9.32. The number of hydrogen-bond acceptors (Lipinski definition) is 3. The highest BCUT2D eigenvalue weighted by atomic mass is 16.1. The Labute approximate surface area is 94.9 Å². The van der Waals surface area contributed by atoms with Crippen molar-refractivity contribution in [3.8, 4) is 12.1 Å². The standard InChI is InChI=1S/C13H12N2O/c1-9-3-4-10(2)12(5-9)13(16)6-11(7-14)8-15/h3-5,11H,6H2,1-2H3. The van der Waals surface area contributed by atoms with Crippen molar-refractivity contribution in [1.29, 1.82) is 10.5 Å². The molecule has 0 bridgehead atoms. The van der Waals surface area contributed by atoms with E-state index in [2.05, 4.69) is 0 Å². The van der Waals surface area contributed by atoms with Crippen molar-refractivity contribution in [1.82, 2.24) is 0 Å². The molecule has 0 saturated carbocycles. The highest BCUT2D eigenvalue weighted by molar-refractivity contribution is 5.98. The average molecular weight is 212 g/mol. The van der Waals surface area contributed by atoms with Gasteiger partial charge in [-0.1, -0.05) is 17.7 Å². The molecule has 3 heteroatoms. The first-order valence-corrected chi connectivity index (χ1v) is 4.98. The lowest BCUT2D eigenvalue weighted by Crippen LogP contribution is -2.07. The lowest BCUT2D eigenvalue weighted by atomic mass is 9.96. The van der Waals surface area contributed by atoms with Gasteiger partial charge in [-0.15, -0.1) is 0 Å². The minimum Gasteiger partial charge on any atom is -0.294 e. The molecule has 0 N–H and O–H groups in total. The molecule has 1 aromatic carbocycles. The van der Waals surface area contributed by atoms with E-state index >= 15 is 0 Å². The normalized spacial score (nSPS) is 9.56. The fourth-order valence-electron chi connectivity index (χ4n) is 1.45. The first kappa shape index (κ1) is 11.9. The third kappa shape index (κ3) is 2.68. The number of hydrogen-bond donors (Lipinski definition) is 0. The molecule has 3 nitrogen and oxygen atoms in total. The number of nitrogens with zero attached hydrogens (tertiary/aromatic N) is 2.